The van der Waals surface area contributed by atoms with Crippen molar-refractivity contribution in [3.8, 4) is 0 Å². The third kappa shape index (κ3) is 3.71. The number of carbonyl (C=O) groups excluding carboxylic acids is 1. The molecule has 1 aliphatic carbocycles. The van der Waals surface area contributed by atoms with E-state index in [2.05, 4.69) is 60.5 Å². The van der Waals surface area contributed by atoms with Crippen LogP contribution in [-0.4, -0.2) is 24.0 Å². The van der Waals surface area contributed by atoms with E-state index in [0.29, 0.717) is 0 Å². The second-order valence-corrected chi connectivity index (χ2v) is 9.87. The molecule has 5 heteroatoms. The predicted octanol–water partition coefficient (Wildman–Crippen LogP) is 5.32. The van der Waals surface area contributed by atoms with Gasteiger partial charge in [-0.3, -0.25) is 4.79 Å². The zero-order valence-corrected chi connectivity index (χ0v) is 18.6. The van der Waals surface area contributed by atoms with Crippen molar-refractivity contribution >= 4 is 32.6 Å². The van der Waals surface area contributed by atoms with Gasteiger partial charge in [-0.1, -0.05) is 41.7 Å². The van der Waals surface area contributed by atoms with Crippen molar-refractivity contribution in [3.63, 3.8) is 0 Å². The molecule has 1 amide bonds. The van der Waals surface area contributed by atoms with Crippen LogP contribution >= 0.6 is 11.3 Å². The van der Waals surface area contributed by atoms with E-state index in [1.807, 2.05) is 0 Å². The van der Waals surface area contributed by atoms with Crippen LogP contribution < -0.4 is 10.2 Å². The Labute approximate surface area is 182 Å². The summed E-state index contributed by atoms with van der Waals surface area (Å²) < 4.78 is 1.24. The van der Waals surface area contributed by atoms with Crippen LogP contribution in [0.3, 0.4) is 0 Å². The number of anilines is 1. The Morgan fingerprint density at radius 2 is 2.03 bits per heavy atom. The molecule has 2 heterocycles. The number of nitrogens with zero attached hydrogens (tertiary/aromatic N) is 2. The molecular weight excluding hydrogens is 390 g/mol. The third-order valence-corrected chi connectivity index (χ3v) is 7.63. The first-order valence-corrected chi connectivity index (χ1v) is 11.9. The number of aromatic nitrogens is 1. The molecule has 1 aromatic heterocycles. The molecule has 4 nitrogen and oxygen atoms in total. The summed E-state index contributed by atoms with van der Waals surface area (Å²) in [5, 5.41) is 4.43. The normalized spacial score (nSPS) is 21.5. The van der Waals surface area contributed by atoms with Gasteiger partial charge in [0, 0.05) is 13.1 Å². The average Bonchev–Trinajstić information content (AvgIpc) is 3.19. The van der Waals surface area contributed by atoms with Crippen molar-refractivity contribution in [1.82, 2.24) is 10.3 Å². The number of fused-ring (bicyclic) bond motifs is 2. The summed E-state index contributed by atoms with van der Waals surface area (Å²) in [6, 6.07) is 13.1. The van der Waals surface area contributed by atoms with Crippen LogP contribution in [0, 0.1) is 19.8 Å². The van der Waals surface area contributed by atoms with Crippen LogP contribution in [0.15, 0.2) is 36.4 Å². The Bertz CT molecular complexity index is 1090. The van der Waals surface area contributed by atoms with Gasteiger partial charge in [0.25, 0.3) is 0 Å². The summed E-state index contributed by atoms with van der Waals surface area (Å²) in [7, 11) is 0. The highest BCUT2D eigenvalue weighted by molar-refractivity contribution is 7.22. The Balaban J connectivity index is 1.31. The Hall–Kier alpha value is -2.40. The SMILES string of the molecule is Cc1cc(C)c2nc(N3CCC[C@@H](C(=O)N[C@@H]4CCCc5ccccc54)C3)sc2c1. The molecule has 1 saturated heterocycles. The van der Waals surface area contributed by atoms with E-state index >= 15 is 0 Å². The molecule has 30 heavy (non-hydrogen) atoms. The van der Waals surface area contributed by atoms with Gasteiger partial charge in [0.2, 0.25) is 5.91 Å². The highest BCUT2D eigenvalue weighted by atomic mass is 32.1. The van der Waals surface area contributed by atoms with E-state index in [9.17, 15) is 4.79 Å². The Morgan fingerprint density at radius 1 is 1.17 bits per heavy atom. The van der Waals surface area contributed by atoms with Gasteiger partial charge in [0.15, 0.2) is 5.13 Å². The first-order chi connectivity index (χ1) is 14.6. The molecule has 2 aromatic carbocycles. The highest BCUT2D eigenvalue weighted by Gasteiger charge is 2.30. The summed E-state index contributed by atoms with van der Waals surface area (Å²) in [5.74, 6) is 0.234. The maximum Gasteiger partial charge on any atom is 0.225 e. The minimum atomic E-state index is 0.0303. The van der Waals surface area contributed by atoms with Gasteiger partial charge in [-0.15, -0.1) is 0 Å². The molecule has 0 bridgehead atoms. The second-order valence-electron chi connectivity index (χ2n) is 8.86. The maximum atomic E-state index is 13.2. The fourth-order valence-corrected chi connectivity index (χ4v) is 6.23. The largest absolute Gasteiger partial charge is 0.349 e. The lowest BCUT2D eigenvalue weighted by Gasteiger charge is -2.33. The summed E-state index contributed by atoms with van der Waals surface area (Å²) in [6.07, 6.45) is 5.29. The van der Waals surface area contributed by atoms with Crippen molar-refractivity contribution in [2.24, 2.45) is 5.92 Å². The minimum absolute atomic E-state index is 0.0303. The van der Waals surface area contributed by atoms with Crippen LogP contribution in [0.25, 0.3) is 10.2 Å². The molecule has 0 unspecified atom stereocenters. The minimum Gasteiger partial charge on any atom is -0.349 e. The molecule has 0 saturated carbocycles. The van der Waals surface area contributed by atoms with Gasteiger partial charge in [0.1, 0.15) is 0 Å². The van der Waals surface area contributed by atoms with E-state index < -0.39 is 0 Å². The zero-order valence-electron chi connectivity index (χ0n) is 17.8. The number of thiazole rings is 1. The number of piperidine rings is 1. The molecular formula is C25H29N3OS. The van der Waals surface area contributed by atoms with Crippen LogP contribution in [0.5, 0.6) is 0 Å². The second kappa shape index (κ2) is 8.03. The standard InChI is InChI=1S/C25H29N3OS/c1-16-13-17(2)23-22(14-16)30-25(27-23)28-12-6-9-19(15-28)24(29)26-21-11-5-8-18-7-3-4-10-20(18)21/h3-4,7,10,13-14,19,21H,5-6,8-9,11-12,15H2,1-2H3,(H,26,29)/t19-,21-/m1/s1. The van der Waals surface area contributed by atoms with E-state index in [1.165, 1.54) is 27.0 Å². The van der Waals surface area contributed by atoms with Gasteiger partial charge in [-0.05, 0) is 74.3 Å². The first-order valence-electron chi connectivity index (χ1n) is 11.1. The molecule has 1 fully saturated rings. The number of hydrogen-bond acceptors (Lipinski definition) is 4. The van der Waals surface area contributed by atoms with Gasteiger partial charge >= 0.3 is 0 Å². The fraction of sp³-hybridized carbons (Fsp3) is 0.440. The number of carbonyl (C=O) groups is 1. The summed E-state index contributed by atoms with van der Waals surface area (Å²) >= 11 is 1.76. The molecule has 0 radical (unpaired) electrons. The van der Waals surface area contributed by atoms with Crippen molar-refractivity contribution in [2.75, 3.05) is 18.0 Å². The average molecular weight is 420 g/mol. The van der Waals surface area contributed by atoms with Gasteiger partial charge < -0.3 is 10.2 Å². The molecule has 156 valence electrons. The van der Waals surface area contributed by atoms with Crippen molar-refractivity contribution in [3.05, 3.63) is 58.7 Å². The van der Waals surface area contributed by atoms with Crippen molar-refractivity contribution < 1.29 is 4.79 Å². The molecule has 5 rings (SSSR count). The predicted molar refractivity (Wildman–Crippen MR) is 124 cm³/mol. The summed E-state index contributed by atoms with van der Waals surface area (Å²) in [6.45, 7) is 6.01. The van der Waals surface area contributed by atoms with Crippen LogP contribution in [0.1, 0.15) is 54.0 Å². The smallest absolute Gasteiger partial charge is 0.225 e. The molecule has 1 N–H and O–H groups in total. The first kappa shape index (κ1) is 19.6. The van der Waals surface area contributed by atoms with Crippen LogP contribution in [0.4, 0.5) is 5.13 Å². The third-order valence-electron chi connectivity index (χ3n) is 6.57. The Morgan fingerprint density at radius 3 is 2.93 bits per heavy atom. The zero-order chi connectivity index (χ0) is 20.7. The summed E-state index contributed by atoms with van der Waals surface area (Å²) in [4.78, 5) is 20.4. The monoisotopic (exact) mass is 419 g/mol. The summed E-state index contributed by atoms with van der Waals surface area (Å²) in [5.41, 5.74) is 6.31. The molecule has 3 aromatic rings. The molecule has 2 aliphatic rings. The van der Waals surface area contributed by atoms with E-state index in [0.717, 1.165) is 55.8 Å². The number of benzene rings is 2. The number of aryl methyl sites for hydroxylation is 3. The van der Waals surface area contributed by atoms with Gasteiger partial charge in [-0.2, -0.15) is 0 Å². The molecule has 0 spiro atoms. The number of nitrogens with one attached hydrogen (secondary N) is 1. The highest BCUT2D eigenvalue weighted by Crippen LogP contribution is 2.34. The fourth-order valence-electron chi connectivity index (χ4n) is 5.05. The molecule has 1 aliphatic heterocycles. The van der Waals surface area contributed by atoms with Gasteiger partial charge in [-0.25, -0.2) is 4.98 Å². The van der Waals surface area contributed by atoms with E-state index in [1.54, 1.807) is 11.3 Å². The quantitative estimate of drug-likeness (QED) is 0.625. The number of rotatable bonds is 3. The van der Waals surface area contributed by atoms with E-state index in [4.69, 9.17) is 4.98 Å². The van der Waals surface area contributed by atoms with Crippen LogP contribution in [-0.2, 0) is 11.2 Å². The maximum absolute atomic E-state index is 13.2. The Kier molecular flexibility index (Phi) is 5.23. The molecule has 2 atom stereocenters. The lowest BCUT2D eigenvalue weighted by molar-refractivity contribution is -0.126. The number of amides is 1. The van der Waals surface area contributed by atoms with Gasteiger partial charge in [0.05, 0.1) is 22.2 Å². The lowest BCUT2D eigenvalue weighted by Crippen LogP contribution is -2.44. The number of hydrogen-bond donors (Lipinski definition) is 1. The topological polar surface area (TPSA) is 45.2 Å². The van der Waals surface area contributed by atoms with E-state index in [-0.39, 0.29) is 17.9 Å². The van der Waals surface area contributed by atoms with Crippen molar-refractivity contribution in [1.29, 1.82) is 0 Å². The van der Waals surface area contributed by atoms with Crippen molar-refractivity contribution in [2.45, 2.75) is 52.0 Å². The lowest BCUT2D eigenvalue weighted by atomic mass is 9.87. The van der Waals surface area contributed by atoms with Crippen LogP contribution in [0.2, 0.25) is 0 Å².